The van der Waals surface area contributed by atoms with Crippen LogP contribution in [0, 0.1) is 0 Å². The molecule has 1 aromatic heterocycles. The van der Waals surface area contributed by atoms with E-state index < -0.39 is 0 Å². The number of benzene rings is 2. The molecule has 0 radical (unpaired) electrons. The highest BCUT2D eigenvalue weighted by atomic mass is 16.5. The van der Waals surface area contributed by atoms with Gasteiger partial charge in [-0.05, 0) is 36.1 Å². The number of nitrogens with zero attached hydrogens (tertiary/aromatic N) is 3. The summed E-state index contributed by atoms with van der Waals surface area (Å²) in [6.45, 7) is 2.16. The maximum absolute atomic E-state index is 5.74. The molecule has 0 unspecified atom stereocenters. The van der Waals surface area contributed by atoms with Gasteiger partial charge in [0.2, 0.25) is 11.7 Å². The standard InChI is InChI=1S/C22H26N4O3/c1-5-14-6-8-15(9-7-14)17-12-18(26-22(25-17)23-13-24-26)16-10-11-19(27-2)21(29-4)20(16)28-3/h6-11,13,17-18H,5,12H2,1-4H3,(H,23,24,25)/t17-,18+/m0/s1. The van der Waals surface area contributed by atoms with Crippen molar-refractivity contribution >= 4 is 5.95 Å². The third-order valence-electron chi connectivity index (χ3n) is 5.51. The van der Waals surface area contributed by atoms with Crippen molar-refractivity contribution in [2.24, 2.45) is 0 Å². The predicted molar refractivity (Wildman–Crippen MR) is 111 cm³/mol. The molecule has 1 aliphatic rings. The monoisotopic (exact) mass is 394 g/mol. The summed E-state index contributed by atoms with van der Waals surface area (Å²) in [5.74, 6) is 2.60. The van der Waals surface area contributed by atoms with Gasteiger partial charge in [-0.1, -0.05) is 31.2 Å². The Kier molecular flexibility index (Phi) is 5.29. The lowest BCUT2D eigenvalue weighted by atomic mass is 9.92. The second-order valence-electron chi connectivity index (χ2n) is 7.00. The van der Waals surface area contributed by atoms with Gasteiger partial charge in [-0.2, -0.15) is 10.1 Å². The van der Waals surface area contributed by atoms with Crippen LogP contribution in [-0.4, -0.2) is 36.1 Å². The molecule has 3 aromatic rings. The summed E-state index contributed by atoms with van der Waals surface area (Å²) in [5.41, 5.74) is 3.53. The molecule has 7 heteroatoms. The van der Waals surface area contributed by atoms with E-state index in [9.17, 15) is 0 Å². The second kappa shape index (κ2) is 8.03. The number of ether oxygens (including phenoxy) is 3. The first-order valence-electron chi connectivity index (χ1n) is 9.73. The van der Waals surface area contributed by atoms with Crippen molar-refractivity contribution in [3.05, 3.63) is 59.4 Å². The highest BCUT2D eigenvalue weighted by Gasteiger charge is 2.33. The third-order valence-corrected chi connectivity index (χ3v) is 5.51. The maximum Gasteiger partial charge on any atom is 0.222 e. The zero-order valence-electron chi connectivity index (χ0n) is 17.2. The van der Waals surface area contributed by atoms with Crippen molar-refractivity contribution in [2.45, 2.75) is 31.8 Å². The average Bonchev–Trinajstić information content (AvgIpc) is 3.26. The van der Waals surface area contributed by atoms with E-state index in [1.54, 1.807) is 27.7 Å². The van der Waals surface area contributed by atoms with Crippen LogP contribution in [0.4, 0.5) is 5.95 Å². The van der Waals surface area contributed by atoms with Gasteiger partial charge >= 0.3 is 0 Å². The summed E-state index contributed by atoms with van der Waals surface area (Å²) in [4.78, 5) is 4.42. The van der Waals surface area contributed by atoms with E-state index in [1.807, 2.05) is 16.8 Å². The first kappa shape index (κ1) is 19.1. The Bertz CT molecular complexity index is 984. The average molecular weight is 394 g/mol. The Labute approximate surface area is 170 Å². The SMILES string of the molecule is CCc1ccc([C@@H]2C[C@H](c3ccc(OC)c(OC)c3OC)n3ncnc3N2)cc1. The summed E-state index contributed by atoms with van der Waals surface area (Å²) in [5, 5.41) is 7.97. The van der Waals surface area contributed by atoms with Crippen LogP contribution in [0.1, 0.15) is 42.1 Å². The Morgan fingerprint density at radius 3 is 2.41 bits per heavy atom. The Hall–Kier alpha value is -3.22. The van der Waals surface area contributed by atoms with Crippen LogP contribution in [0.3, 0.4) is 0 Å². The largest absolute Gasteiger partial charge is 0.493 e. The highest BCUT2D eigenvalue weighted by molar-refractivity contribution is 5.57. The van der Waals surface area contributed by atoms with Crippen molar-refractivity contribution in [1.82, 2.24) is 14.8 Å². The first-order chi connectivity index (χ1) is 14.2. The fourth-order valence-corrected chi connectivity index (χ4v) is 3.97. The molecule has 0 saturated carbocycles. The minimum absolute atomic E-state index is 0.0562. The summed E-state index contributed by atoms with van der Waals surface area (Å²) in [7, 11) is 4.88. The van der Waals surface area contributed by atoms with Crippen LogP contribution in [0.2, 0.25) is 0 Å². The Morgan fingerprint density at radius 1 is 1.00 bits per heavy atom. The zero-order chi connectivity index (χ0) is 20.4. The van der Waals surface area contributed by atoms with Crippen LogP contribution in [0.15, 0.2) is 42.7 Å². The molecule has 152 valence electrons. The van der Waals surface area contributed by atoms with Gasteiger partial charge in [0.15, 0.2) is 11.5 Å². The van der Waals surface area contributed by atoms with Gasteiger partial charge in [-0.3, -0.25) is 0 Å². The smallest absolute Gasteiger partial charge is 0.222 e. The Balaban J connectivity index is 1.77. The molecule has 0 fully saturated rings. The number of anilines is 1. The van der Waals surface area contributed by atoms with Gasteiger partial charge in [-0.15, -0.1) is 0 Å². The number of nitrogens with one attached hydrogen (secondary N) is 1. The zero-order valence-corrected chi connectivity index (χ0v) is 17.2. The summed E-state index contributed by atoms with van der Waals surface area (Å²) in [6, 6.07) is 12.7. The molecule has 0 amide bonds. The van der Waals surface area contributed by atoms with Crippen molar-refractivity contribution in [3.63, 3.8) is 0 Å². The maximum atomic E-state index is 5.74. The normalized spacial score (nSPS) is 17.9. The fourth-order valence-electron chi connectivity index (χ4n) is 3.97. The van der Waals surface area contributed by atoms with E-state index in [2.05, 4.69) is 46.6 Å². The lowest BCUT2D eigenvalue weighted by Crippen LogP contribution is -2.28. The van der Waals surface area contributed by atoms with Crippen LogP contribution in [0.25, 0.3) is 0 Å². The lowest BCUT2D eigenvalue weighted by molar-refractivity contribution is 0.315. The van der Waals surface area contributed by atoms with Crippen molar-refractivity contribution in [2.75, 3.05) is 26.6 Å². The molecule has 0 saturated heterocycles. The molecular formula is C22H26N4O3. The van der Waals surface area contributed by atoms with Crippen molar-refractivity contribution < 1.29 is 14.2 Å². The second-order valence-corrected chi connectivity index (χ2v) is 7.00. The molecule has 2 atom stereocenters. The van der Waals surface area contributed by atoms with Gasteiger partial charge < -0.3 is 19.5 Å². The topological polar surface area (TPSA) is 70.4 Å². The molecule has 2 heterocycles. The van der Waals surface area contributed by atoms with Gasteiger partial charge in [0.25, 0.3) is 0 Å². The minimum atomic E-state index is -0.0562. The summed E-state index contributed by atoms with van der Waals surface area (Å²) >= 11 is 0. The minimum Gasteiger partial charge on any atom is -0.493 e. The molecule has 0 spiro atoms. The van der Waals surface area contributed by atoms with Gasteiger partial charge in [-0.25, -0.2) is 4.68 Å². The number of aryl methyl sites for hydroxylation is 1. The predicted octanol–water partition coefficient (Wildman–Crippen LogP) is 4.01. The molecule has 4 rings (SSSR count). The molecular weight excluding hydrogens is 368 g/mol. The molecule has 2 aromatic carbocycles. The van der Waals surface area contributed by atoms with Crippen LogP contribution in [-0.2, 0) is 6.42 Å². The van der Waals surface area contributed by atoms with Gasteiger partial charge in [0, 0.05) is 5.56 Å². The van der Waals surface area contributed by atoms with E-state index in [4.69, 9.17) is 14.2 Å². The molecule has 29 heavy (non-hydrogen) atoms. The van der Waals surface area contributed by atoms with Gasteiger partial charge in [0.1, 0.15) is 6.33 Å². The van der Waals surface area contributed by atoms with Crippen molar-refractivity contribution in [1.29, 1.82) is 0 Å². The van der Waals surface area contributed by atoms with Crippen LogP contribution >= 0.6 is 0 Å². The quantitative estimate of drug-likeness (QED) is 0.681. The molecule has 1 N–H and O–H groups in total. The number of fused-ring (bicyclic) bond motifs is 1. The number of aromatic nitrogens is 3. The van der Waals surface area contributed by atoms with Crippen LogP contribution in [0.5, 0.6) is 17.2 Å². The number of hydrogen-bond acceptors (Lipinski definition) is 6. The van der Waals surface area contributed by atoms with Crippen LogP contribution < -0.4 is 19.5 Å². The summed E-state index contributed by atoms with van der Waals surface area (Å²) < 4.78 is 18.7. The van der Waals surface area contributed by atoms with E-state index >= 15 is 0 Å². The Morgan fingerprint density at radius 2 is 1.76 bits per heavy atom. The fraction of sp³-hybridized carbons (Fsp3) is 0.364. The third kappa shape index (κ3) is 3.37. The number of methoxy groups -OCH3 is 3. The van der Waals surface area contributed by atoms with E-state index in [-0.39, 0.29) is 12.1 Å². The van der Waals surface area contributed by atoms with Crippen molar-refractivity contribution in [3.8, 4) is 17.2 Å². The molecule has 7 nitrogen and oxygen atoms in total. The lowest BCUT2D eigenvalue weighted by Gasteiger charge is -2.32. The number of hydrogen-bond donors (Lipinski definition) is 1. The highest BCUT2D eigenvalue weighted by Crippen LogP contribution is 2.46. The van der Waals surface area contributed by atoms with E-state index in [1.165, 1.54) is 11.1 Å². The first-order valence-corrected chi connectivity index (χ1v) is 9.73. The number of rotatable bonds is 6. The molecule has 0 aliphatic carbocycles. The van der Waals surface area contributed by atoms with E-state index in [0.717, 1.165) is 24.4 Å². The van der Waals surface area contributed by atoms with Gasteiger partial charge in [0.05, 0.1) is 33.4 Å². The molecule has 0 bridgehead atoms. The van der Waals surface area contributed by atoms with E-state index in [0.29, 0.717) is 17.2 Å². The molecule has 1 aliphatic heterocycles. The summed E-state index contributed by atoms with van der Waals surface area (Å²) in [6.07, 6.45) is 3.40.